The van der Waals surface area contributed by atoms with Gasteiger partial charge >= 0.3 is 0 Å². The van der Waals surface area contributed by atoms with Crippen LogP contribution in [0, 0.1) is 0 Å². The number of hydrogen-bond donors (Lipinski definition) is 4. The van der Waals surface area contributed by atoms with Crippen LogP contribution in [-0.4, -0.2) is 11.8 Å². The first-order valence-electron chi connectivity index (χ1n) is 17.5. The van der Waals surface area contributed by atoms with Crippen LogP contribution < -0.4 is 22.1 Å². The van der Waals surface area contributed by atoms with Crippen molar-refractivity contribution in [2.75, 3.05) is 22.1 Å². The zero-order valence-electron chi connectivity index (χ0n) is 28.6. The molecule has 6 N–H and O–H groups in total. The van der Waals surface area contributed by atoms with Crippen molar-refractivity contribution in [3.63, 3.8) is 0 Å². The number of carbonyl (C=O) groups is 2. The lowest BCUT2D eigenvalue weighted by Gasteiger charge is -2.34. The van der Waals surface area contributed by atoms with Crippen LogP contribution in [0.25, 0.3) is 32.7 Å². The highest BCUT2D eigenvalue weighted by Gasteiger charge is 2.45. The summed E-state index contributed by atoms with van der Waals surface area (Å²) in [7, 11) is 0. The Kier molecular flexibility index (Phi) is 7.52. The molecule has 9 rings (SSSR count). The minimum absolute atomic E-state index is 0.226. The fourth-order valence-electron chi connectivity index (χ4n) is 8.00. The SMILES string of the molecule is Nc1cc(NC(=O)c2ccc(C3(c4ccc(C(=O)Nc5cc(N)c6ccccc6c5)cc4)c4ccccc4-c4ccccc43)cc2)cc2ccccc12. The van der Waals surface area contributed by atoms with E-state index in [4.69, 9.17) is 11.5 Å². The van der Waals surface area contributed by atoms with Gasteiger partial charge in [-0.3, -0.25) is 9.59 Å². The van der Waals surface area contributed by atoms with Crippen molar-refractivity contribution >= 4 is 56.1 Å². The summed E-state index contributed by atoms with van der Waals surface area (Å²) in [5, 5.41) is 9.88. The van der Waals surface area contributed by atoms with Gasteiger partial charge in [0.25, 0.3) is 11.8 Å². The maximum absolute atomic E-state index is 13.6. The predicted octanol–water partition coefficient (Wildman–Crippen LogP) is 10.0. The molecule has 2 amide bonds. The summed E-state index contributed by atoms with van der Waals surface area (Å²) in [4.78, 5) is 27.1. The van der Waals surface area contributed by atoms with Gasteiger partial charge in [-0.2, -0.15) is 0 Å². The molecule has 0 aromatic heterocycles. The van der Waals surface area contributed by atoms with Crippen molar-refractivity contribution in [1.82, 2.24) is 0 Å². The van der Waals surface area contributed by atoms with Gasteiger partial charge in [-0.25, -0.2) is 0 Å². The van der Waals surface area contributed by atoms with Crippen LogP contribution in [0.2, 0.25) is 0 Å². The van der Waals surface area contributed by atoms with Gasteiger partial charge in [0.05, 0.1) is 5.41 Å². The fourth-order valence-corrected chi connectivity index (χ4v) is 8.00. The van der Waals surface area contributed by atoms with E-state index in [-0.39, 0.29) is 11.8 Å². The quantitative estimate of drug-likeness (QED) is 0.131. The van der Waals surface area contributed by atoms with Gasteiger partial charge in [-0.15, -0.1) is 0 Å². The van der Waals surface area contributed by atoms with Crippen molar-refractivity contribution in [2.45, 2.75) is 5.41 Å². The van der Waals surface area contributed by atoms with Gasteiger partial charge in [-0.05, 0) is 92.7 Å². The Labute approximate surface area is 306 Å². The third-order valence-corrected chi connectivity index (χ3v) is 10.4. The molecule has 0 bridgehead atoms. The smallest absolute Gasteiger partial charge is 0.255 e. The molecule has 0 unspecified atom stereocenters. The molecule has 8 aromatic rings. The van der Waals surface area contributed by atoms with Crippen LogP contribution in [0.1, 0.15) is 43.0 Å². The van der Waals surface area contributed by atoms with E-state index < -0.39 is 5.41 Å². The molecule has 0 atom stereocenters. The Morgan fingerprint density at radius 2 is 0.811 bits per heavy atom. The molecule has 0 heterocycles. The molecule has 254 valence electrons. The van der Waals surface area contributed by atoms with Crippen molar-refractivity contribution in [1.29, 1.82) is 0 Å². The molecular weight excluding hydrogens is 653 g/mol. The first kappa shape index (κ1) is 31.8. The van der Waals surface area contributed by atoms with Crippen LogP contribution in [0.4, 0.5) is 22.7 Å². The molecule has 0 fully saturated rings. The van der Waals surface area contributed by atoms with Gasteiger partial charge in [0, 0.05) is 44.6 Å². The summed E-state index contributed by atoms with van der Waals surface area (Å²) in [6.07, 6.45) is 0. The number of benzene rings is 8. The number of amides is 2. The highest BCUT2D eigenvalue weighted by Crippen LogP contribution is 2.56. The van der Waals surface area contributed by atoms with Gasteiger partial charge in [-0.1, -0.05) is 121 Å². The third kappa shape index (κ3) is 5.27. The number of anilines is 4. The molecule has 6 nitrogen and oxygen atoms in total. The van der Waals surface area contributed by atoms with Crippen molar-refractivity contribution in [3.05, 3.63) is 203 Å². The van der Waals surface area contributed by atoms with E-state index in [0.29, 0.717) is 33.9 Å². The van der Waals surface area contributed by atoms with E-state index in [1.807, 2.05) is 109 Å². The molecule has 8 aromatic carbocycles. The van der Waals surface area contributed by atoms with Gasteiger partial charge in [0.1, 0.15) is 0 Å². The summed E-state index contributed by atoms with van der Waals surface area (Å²) < 4.78 is 0. The highest BCUT2D eigenvalue weighted by atomic mass is 16.2. The third-order valence-electron chi connectivity index (χ3n) is 10.4. The van der Waals surface area contributed by atoms with E-state index in [1.54, 1.807) is 12.1 Å². The Bertz CT molecular complexity index is 2550. The summed E-state index contributed by atoms with van der Waals surface area (Å²) in [6, 6.07) is 55.7. The summed E-state index contributed by atoms with van der Waals surface area (Å²) in [6.45, 7) is 0. The Morgan fingerprint density at radius 3 is 1.25 bits per heavy atom. The minimum Gasteiger partial charge on any atom is -0.398 e. The fraction of sp³-hybridized carbons (Fsp3) is 0.0213. The lowest BCUT2D eigenvalue weighted by Crippen LogP contribution is -2.29. The molecular formula is C47H34N4O2. The summed E-state index contributed by atoms with van der Waals surface area (Å²) >= 11 is 0. The van der Waals surface area contributed by atoms with Crippen LogP contribution in [-0.2, 0) is 5.41 Å². The van der Waals surface area contributed by atoms with Crippen molar-refractivity contribution in [3.8, 4) is 11.1 Å². The number of nitrogens with two attached hydrogens (primary N) is 2. The van der Waals surface area contributed by atoms with Crippen LogP contribution in [0.5, 0.6) is 0 Å². The number of fused-ring (bicyclic) bond motifs is 5. The van der Waals surface area contributed by atoms with Gasteiger partial charge < -0.3 is 22.1 Å². The Morgan fingerprint density at radius 1 is 0.434 bits per heavy atom. The van der Waals surface area contributed by atoms with E-state index in [9.17, 15) is 9.59 Å². The average Bonchev–Trinajstić information content (AvgIpc) is 3.49. The predicted molar refractivity (Wildman–Crippen MR) is 216 cm³/mol. The topological polar surface area (TPSA) is 110 Å². The number of nitrogens with one attached hydrogen (secondary N) is 2. The van der Waals surface area contributed by atoms with Crippen LogP contribution in [0.15, 0.2) is 170 Å². The molecule has 6 heteroatoms. The number of rotatable bonds is 6. The maximum atomic E-state index is 13.6. The van der Waals surface area contributed by atoms with E-state index in [1.165, 1.54) is 0 Å². The monoisotopic (exact) mass is 686 g/mol. The minimum atomic E-state index is -0.698. The second-order valence-corrected chi connectivity index (χ2v) is 13.5. The maximum Gasteiger partial charge on any atom is 0.255 e. The molecule has 1 aliphatic carbocycles. The number of nitrogen functional groups attached to an aromatic ring is 2. The average molecular weight is 687 g/mol. The molecule has 0 saturated heterocycles. The summed E-state index contributed by atoms with van der Waals surface area (Å²) in [5.41, 5.74) is 22.0. The lowest BCUT2D eigenvalue weighted by atomic mass is 9.67. The van der Waals surface area contributed by atoms with E-state index >= 15 is 0 Å². The second kappa shape index (κ2) is 12.5. The second-order valence-electron chi connectivity index (χ2n) is 13.5. The molecule has 0 radical (unpaired) electrons. The molecule has 0 saturated carbocycles. The zero-order valence-corrected chi connectivity index (χ0v) is 28.6. The van der Waals surface area contributed by atoms with E-state index in [2.05, 4.69) is 59.2 Å². The zero-order chi connectivity index (χ0) is 36.1. The lowest BCUT2D eigenvalue weighted by molar-refractivity contribution is 0.101. The Balaban J connectivity index is 1.08. The molecule has 0 spiro atoms. The van der Waals surface area contributed by atoms with Crippen molar-refractivity contribution in [2.24, 2.45) is 0 Å². The summed E-state index contributed by atoms with van der Waals surface area (Å²) in [5.74, 6) is -0.452. The largest absolute Gasteiger partial charge is 0.398 e. The highest BCUT2D eigenvalue weighted by molar-refractivity contribution is 6.08. The van der Waals surface area contributed by atoms with Crippen LogP contribution in [0.3, 0.4) is 0 Å². The van der Waals surface area contributed by atoms with E-state index in [0.717, 1.165) is 54.9 Å². The normalized spacial score (nSPS) is 12.6. The standard InChI is InChI=1S/C47H34N4O2/c48-43-27-35(25-31-9-1-3-11-37(31)43)50-45(52)29-17-21-33(22-18-29)47(41-15-7-5-13-39(41)40-14-6-8-16-42(40)47)34-23-19-30(20-24-34)46(53)51-36-26-32-10-2-4-12-38(32)44(49)28-36/h1-28H,48-49H2,(H,50,52)(H,51,53). The number of carbonyl (C=O) groups excluding carboxylic acids is 2. The van der Waals surface area contributed by atoms with Crippen LogP contribution >= 0.6 is 0 Å². The molecule has 0 aliphatic heterocycles. The molecule has 53 heavy (non-hydrogen) atoms. The Hall–Kier alpha value is -7.18. The first-order valence-corrected chi connectivity index (χ1v) is 17.5. The molecule has 1 aliphatic rings. The first-order chi connectivity index (χ1) is 25.9. The van der Waals surface area contributed by atoms with Gasteiger partial charge in [0.15, 0.2) is 0 Å². The van der Waals surface area contributed by atoms with Crippen molar-refractivity contribution < 1.29 is 9.59 Å². The number of hydrogen-bond acceptors (Lipinski definition) is 4. The van der Waals surface area contributed by atoms with Gasteiger partial charge in [0.2, 0.25) is 0 Å².